The Labute approximate surface area is 196 Å². The number of likely N-dealkylation sites (tertiary alicyclic amines) is 1. The van der Waals surface area contributed by atoms with E-state index in [9.17, 15) is 4.79 Å². The van der Waals surface area contributed by atoms with Crippen molar-refractivity contribution >= 4 is 17.5 Å². The molecule has 1 amide bonds. The predicted molar refractivity (Wildman–Crippen MR) is 129 cm³/mol. The Hall–Kier alpha value is -1.84. The highest BCUT2D eigenvalue weighted by Crippen LogP contribution is 2.60. The van der Waals surface area contributed by atoms with Gasteiger partial charge in [0.1, 0.15) is 0 Å². The van der Waals surface area contributed by atoms with Crippen LogP contribution >= 0.6 is 11.6 Å². The lowest BCUT2D eigenvalue weighted by molar-refractivity contribution is -0.123. The number of hydrogen-bond acceptors (Lipinski definition) is 2. The average Bonchev–Trinajstić information content (AvgIpc) is 3.49. The van der Waals surface area contributed by atoms with E-state index < -0.39 is 0 Å². The van der Waals surface area contributed by atoms with Crippen LogP contribution in [0, 0.1) is 5.92 Å². The van der Waals surface area contributed by atoms with Crippen LogP contribution in [0.2, 0.25) is 5.02 Å². The van der Waals surface area contributed by atoms with Gasteiger partial charge in [0.05, 0.1) is 0 Å². The fraction of sp³-hybridized carbons (Fsp3) is 0.536. The summed E-state index contributed by atoms with van der Waals surface area (Å²) in [6.45, 7) is 3.16. The molecule has 6 rings (SSSR count). The molecular weight excluding hydrogens is 416 g/mol. The molecule has 2 fully saturated rings. The molecule has 1 N–H and O–H groups in total. The van der Waals surface area contributed by atoms with E-state index in [4.69, 9.17) is 11.6 Å². The summed E-state index contributed by atoms with van der Waals surface area (Å²) in [6.07, 6.45) is 9.09. The van der Waals surface area contributed by atoms with E-state index in [-0.39, 0.29) is 11.3 Å². The van der Waals surface area contributed by atoms with Crippen LogP contribution in [-0.2, 0) is 10.2 Å². The number of fused-ring (bicyclic) bond motifs is 8. The lowest BCUT2D eigenvalue weighted by Gasteiger charge is -2.40. The van der Waals surface area contributed by atoms with Crippen molar-refractivity contribution in [2.75, 3.05) is 19.6 Å². The van der Waals surface area contributed by atoms with Crippen molar-refractivity contribution in [3.05, 3.63) is 69.7 Å². The maximum atomic E-state index is 12.5. The minimum Gasteiger partial charge on any atom is -0.353 e. The smallest absolute Gasteiger partial charge is 0.220 e. The molecule has 4 aliphatic rings. The molecule has 2 atom stereocenters. The molecule has 0 aromatic heterocycles. The van der Waals surface area contributed by atoms with Crippen molar-refractivity contribution in [2.45, 2.75) is 68.7 Å². The highest BCUT2D eigenvalue weighted by atomic mass is 35.5. The summed E-state index contributed by atoms with van der Waals surface area (Å²) in [5.41, 5.74) is 5.99. The number of amides is 1. The van der Waals surface area contributed by atoms with Crippen LogP contribution in [0.4, 0.5) is 0 Å². The monoisotopic (exact) mass is 448 g/mol. The quantitative estimate of drug-likeness (QED) is 0.642. The second-order valence-electron chi connectivity index (χ2n) is 10.6. The molecular formula is C28H33ClN2O. The summed E-state index contributed by atoms with van der Waals surface area (Å²) in [7, 11) is 0. The van der Waals surface area contributed by atoms with Gasteiger partial charge in [0, 0.05) is 48.5 Å². The van der Waals surface area contributed by atoms with Gasteiger partial charge >= 0.3 is 0 Å². The number of halogens is 1. The SMILES string of the molecule is O=C(CC1CCCC1)NC1CCN(CC23CC(c4ccccc42)c2ccc(Cl)cc23)CC1. The van der Waals surface area contributed by atoms with Crippen molar-refractivity contribution < 1.29 is 4.79 Å². The van der Waals surface area contributed by atoms with Gasteiger partial charge in [-0.15, -0.1) is 0 Å². The van der Waals surface area contributed by atoms with Gasteiger partial charge in [-0.1, -0.05) is 54.8 Å². The van der Waals surface area contributed by atoms with Crippen LogP contribution in [-0.4, -0.2) is 36.5 Å². The lowest BCUT2D eigenvalue weighted by atomic mass is 9.74. The predicted octanol–water partition coefficient (Wildman–Crippen LogP) is 5.64. The molecule has 168 valence electrons. The molecule has 3 aliphatic carbocycles. The Balaban J connectivity index is 1.15. The van der Waals surface area contributed by atoms with Crippen molar-refractivity contribution in [3.8, 4) is 0 Å². The third-order valence-corrected chi connectivity index (χ3v) is 8.94. The van der Waals surface area contributed by atoms with E-state index in [1.54, 1.807) is 0 Å². The zero-order valence-electron chi connectivity index (χ0n) is 18.8. The molecule has 2 aromatic rings. The zero-order chi connectivity index (χ0) is 21.7. The molecule has 0 spiro atoms. The Bertz CT molecular complexity index is 1020. The molecule has 1 heterocycles. The molecule has 3 nitrogen and oxygen atoms in total. The molecule has 32 heavy (non-hydrogen) atoms. The first-order valence-corrected chi connectivity index (χ1v) is 12.9. The zero-order valence-corrected chi connectivity index (χ0v) is 19.5. The molecule has 1 aliphatic heterocycles. The summed E-state index contributed by atoms with van der Waals surface area (Å²) < 4.78 is 0. The van der Waals surface area contributed by atoms with E-state index in [1.807, 2.05) is 0 Å². The Kier molecular flexibility index (Phi) is 5.30. The molecule has 4 heteroatoms. The number of nitrogens with one attached hydrogen (secondary N) is 1. The molecule has 1 saturated heterocycles. The van der Waals surface area contributed by atoms with Gasteiger partial charge in [-0.05, 0) is 72.4 Å². The summed E-state index contributed by atoms with van der Waals surface area (Å²) >= 11 is 6.47. The second kappa shape index (κ2) is 8.18. The van der Waals surface area contributed by atoms with E-state index >= 15 is 0 Å². The van der Waals surface area contributed by atoms with Crippen LogP contribution in [0.15, 0.2) is 42.5 Å². The van der Waals surface area contributed by atoms with Gasteiger partial charge < -0.3 is 10.2 Å². The third-order valence-electron chi connectivity index (χ3n) is 8.71. The minimum atomic E-state index is 0.0556. The van der Waals surface area contributed by atoms with Crippen molar-refractivity contribution in [1.82, 2.24) is 10.2 Å². The van der Waals surface area contributed by atoms with Crippen LogP contribution < -0.4 is 5.32 Å². The Morgan fingerprint density at radius 2 is 1.75 bits per heavy atom. The van der Waals surface area contributed by atoms with Crippen LogP contribution in [0.1, 0.15) is 79.5 Å². The normalized spacial score (nSPS) is 27.5. The maximum absolute atomic E-state index is 12.5. The van der Waals surface area contributed by atoms with Gasteiger partial charge in [0.2, 0.25) is 5.91 Å². The van der Waals surface area contributed by atoms with E-state index in [0.29, 0.717) is 17.9 Å². The summed E-state index contributed by atoms with van der Waals surface area (Å²) in [5, 5.41) is 4.19. The fourth-order valence-corrected chi connectivity index (χ4v) is 7.37. The maximum Gasteiger partial charge on any atom is 0.220 e. The standard InChI is InChI=1S/C28H33ClN2O/c29-20-9-10-23-24-17-28(26(23)16-20,25-8-4-3-7-22(24)25)18-31-13-11-21(12-14-31)30-27(32)15-19-5-1-2-6-19/h3-4,7-10,16,19,21,24H,1-2,5-6,11-15,17-18H2,(H,30,32). The van der Waals surface area contributed by atoms with Gasteiger partial charge in [-0.2, -0.15) is 0 Å². The largest absolute Gasteiger partial charge is 0.353 e. The first kappa shape index (κ1) is 20.7. The highest BCUT2D eigenvalue weighted by Gasteiger charge is 2.53. The number of benzene rings is 2. The van der Waals surface area contributed by atoms with E-state index in [0.717, 1.165) is 43.9 Å². The highest BCUT2D eigenvalue weighted by molar-refractivity contribution is 6.30. The number of carbonyl (C=O) groups is 1. The summed E-state index contributed by atoms with van der Waals surface area (Å²) in [4.78, 5) is 15.1. The average molecular weight is 449 g/mol. The van der Waals surface area contributed by atoms with Crippen molar-refractivity contribution in [3.63, 3.8) is 0 Å². The van der Waals surface area contributed by atoms with Crippen LogP contribution in [0.5, 0.6) is 0 Å². The first-order chi connectivity index (χ1) is 15.6. The number of carbonyl (C=O) groups excluding carboxylic acids is 1. The number of nitrogens with zero attached hydrogens (tertiary/aromatic N) is 1. The van der Waals surface area contributed by atoms with E-state index in [2.05, 4.69) is 52.7 Å². The van der Waals surface area contributed by atoms with Crippen molar-refractivity contribution in [1.29, 1.82) is 0 Å². The third kappa shape index (κ3) is 3.49. The number of piperidine rings is 1. The Morgan fingerprint density at radius 1 is 1.00 bits per heavy atom. The molecule has 2 bridgehead atoms. The van der Waals surface area contributed by atoms with E-state index in [1.165, 1.54) is 54.4 Å². The van der Waals surface area contributed by atoms with Gasteiger partial charge in [-0.3, -0.25) is 4.79 Å². The topological polar surface area (TPSA) is 32.3 Å². The minimum absolute atomic E-state index is 0.0556. The molecule has 1 saturated carbocycles. The second-order valence-corrected chi connectivity index (χ2v) is 11.1. The molecule has 2 unspecified atom stereocenters. The van der Waals surface area contributed by atoms with Gasteiger partial charge in [0.15, 0.2) is 0 Å². The fourth-order valence-electron chi connectivity index (χ4n) is 7.20. The summed E-state index contributed by atoms with van der Waals surface area (Å²) in [6, 6.07) is 15.9. The molecule has 2 aromatic carbocycles. The van der Waals surface area contributed by atoms with Crippen molar-refractivity contribution in [2.24, 2.45) is 5.92 Å². The van der Waals surface area contributed by atoms with Gasteiger partial charge in [-0.25, -0.2) is 0 Å². The van der Waals surface area contributed by atoms with Crippen LogP contribution in [0.3, 0.4) is 0 Å². The summed E-state index contributed by atoms with van der Waals surface area (Å²) in [5.74, 6) is 1.41. The van der Waals surface area contributed by atoms with Crippen LogP contribution in [0.25, 0.3) is 0 Å². The first-order valence-electron chi connectivity index (χ1n) is 12.5. The lowest BCUT2D eigenvalue weighted by Crippen LogP contribution is -2.48. The Morgan fingerprint density at radius 3 is 2.56 bits per heavy atom. The number of rotatable bonds is 5. The molecule has 0 radical (unpaired) electrons. The van der Waals surface area contributed by atoms with Gasteiger partial charge in [0.25, 0.3) is 0 Å². The number of hydrogen-bond donors (Lipinski definition) is 1.